The number of aromatic nitrogens is 2. The van der Waals surface area contributed by atoms with Crippen LogP contribution in [-0.4, -0.2) is 29.6 Å². The zero-order valence-corrected chi connectivity index (χ0v) is 9.20. The van der Waals surface area contributed by atoms with Crippen molar-refractivity contribution >= 4 is 17.6 Å². The summed E-state index contributed by atoms with van der Waals surface area (Å²) < 4.78 is 0. The van der Waals surface area contributed by atoms with Crippen molar-refractivity contribution in [2.24, 2.45) is 0 Å². The van der Waals surface area contributed by atoms with E-state index in [-0.39, 0.29) is 0 Å². The molecule has 0 spiro atoms. The molecule has 15 heavy (non-hydrogen) atoms. The minimum atomic E-state index is 0.330. The minimum Gasteiger partial charge on any atom is -0.373 e. The van der Waals surface area contributed by atoms with Crippen LogP contribution in [0.3, 0.4) is 0 Å². The third-order valence-corrected chi connectivity index (χ3v) is 2.61. The first-order valence-electron chi connectivity index (χ1n) is 5.33. The second-order valence-corrected chi connectivity index (χ2v) is 3.74. The van der Waals surface area contributed by atoms with Crippen molar-refractivity contribution in [3.8, 4) is 0 Å². The minimum absolute atomic E-state index is 0.330. The Kier molecular flexibility index (Phi) is 2.62. The lowest BCUT2D eigenvalue weighted by molar-refractivity contribution is 0.807. The first kappa shape index (κ1) is 10.0. The number of hydrogen-bond donors (Lipinski definition) is 2. The fourth-order valence-electron chi connectivity index (χ4n) is 1.72. The van der Waals surface area contributed by atoms with Gasteiger partial charge in [0.1, 0.15) is 11.6 Å². The molecule has 1 aliphatic carbocycles. The Morgan fingerprint density at radius 3 is 2.80 bits per heavy atom. The molecule has 0 amide bonds. The summed E-state index contributed by atoms with van der Waals surface area (Å²) in [6, 6.07) is 2.59. The SMILES string of the molecule is CCN(c1cc(NC)nc(N)n1)C1CC1. The van der Waals surface area contributed by atoms with Crippen LogP contribution in [0.15, 0.2) is 6.07 Å². The van der Waals surface area contributed by atoms with Gasteiger partial charge < -0.3 is 16.0 Å². The number of nitrogen functional groups attached to an aromatic ring is 1. The summed E-state index contributed by atoms with van der Waals surface area (Å²) in [5.74, 6) is 2.03. The number of anilines is 3. The van der Waals surface area contributed by atoms with E-state index in [1.54, 1.807) is 0 Å². The van der Waals surface area contributed by atoms with E-state index in [1.807, 2.05) is 13.1 Å². The Hall–Kier alpha value is -1.52. The maximum absolute atomic E-state index is 5.66. The maximum atomic E-state index is 5.66. The van der Waals surface area contributed by atoms with Crippen LogP contribution in [0.25, 0.3) is 0 Å². The summed E-state index contributed by atoms with van der Waals surface area (Å²) in [5.41, 5.74) is 5.66. The fourth-order valence-corrected chi connectivity index (χ4v) is 1.72. The molecule has 1 aliphatic rings. The topological polar surface area (TPSA) is 67.1 Å². The lowest BCUT2D eigenvalue weighted by Crippen LogP contribution is -2.26. The summed E-state index contributed by atoms with van der Waals surface area (Å²) in [6.45, 7) is 3.10. The molecule has 1 saturated carbocycles. The van der Waals surface area contributed by atoms with Gasteiger partial charge in [-0.3, -0.25) is 0 Å². The number of nitrogens with zero attached hydrogens (tertiary/aromatic N) is 3. The fraction of sp³-hybridized carbons (Fsp3) is 0.600. The molecular formula is C10H17N5. The molecule has 0 atom stereocenters. The van der Waals surface area contributed by atoms with Crippen LogP contribution >= 0.6 is 0 Å². The van der Waals surface area contributed by atoms with Crippen LogP contribution in [-0.2, 0) is 0 Å². The highest BCUT2D eigenvalue weighted by molar-refractivity contribution is 5.53. The standard InChI is InChI=1S/C10H17N5/c1-3-15(7-4-5-7)9-6-8(12-2)13-10(11)14-9/h6-7H,3-5H2,1-2H3,(H3,11,12,13,14). The van der Waals surface area contributed by atoms with E-state index < -0.39 is 0 Å². The molecule has 1 aromatic heterocycles. The van der Waals surface area contributed by atoms with E-state index in [0.29, 0.717) is 12.0 Å². The average Bonchev–Trinajstić information content (AvgIpc) is 3.02. The predicted octanol–water partition coefficient (Wildman–Crippen LogP) is 1.09. The van der Waals surface area contributed by atoms with E-state index in [2.05, 4.69) is 27.1 Å². The van der Waals surface area contributed by atoms with Crippen LogP contribution in [0.5, 0.6) is 0 Å². The number of nitrogens with one attached hydrogen (secondary N) is 1. The Balaban J connectivity index is 2.28. The van der Waals surface area contributed by atoms with Crippen LogP contribution in [0.1, 0.15) is 19.8 Å². The monoisotopic (exact) mass is 207 g/mol. The highest BCUT2D eigenvalue weighted by Crippen LogP contribution is 2.31. The van der Waals surface area contributed by atoms with Crippen LogP contribution < -0.4 is 16.0 Å². The Bertz CT molecular complexity index is 348. The Morgan fingerprint density at radius 2 is 2.27 bits per heavy atom. The molecule has 82 valence electrons. The second kappa shape index (κ2) is 3.92. The van der Waals surface area contributed by atoms with Gasteiger partial charge in [-0.1, -0.05) is 0 Å². The van der Waals surface area contributed by atoms with Crippen molar-refractivity contribution in [3.63, 3.8) is 0 Å². The van der Waals surface area contributed by atoms with Crippen molar-refractivity contribution < 1.29 is 0 Å². The van der Waals surface area contributed by atoms with Gasteiger partial charge in [-0.15, -0.1) is 0 Å². The molecule has 0 unspecified atom stereocenters. The number of hydrogen-bond acceptors (Lipinski definition) is 5. The summed E-state index contributed by atoms with van der Waals surface area (Å²) in [4.78, 5) is 10.6. The van der Waals surface area contributed by atoms with Gasteiger partial charge in [0.05, 0.1) is 0 Å². The smallest absolute Gasteiger partial charge is 0.223 e. The van der Waals surface area contributed by atoms with Gasteiger partial charge in [0.15, 0.2) is 0 Å². The molecule has 0 aromatic carbocycles. The van der Waals surface area contributed by atoms with Gasteiger partial charge in [0.2, 0.25) is 5.95 Å². The summed E-state index contributed by atoms with van der Waals surface area (Å²) in [5, 5.41) is 2.99. The van der Waals surface area contributed by atoms with Gasteiger partial charge in [-0.25, -0.2) is 0 Å². The van der Waals surface area contributed by atoms with Crippen LogP contribution in [0.2, 0.25) is 0 Å². The van der Waals surface area contributed by atoms with Gasteiger partial charge >= 0.3 is 0 Å². The van der Waals surface area contributed by atoms with E-state index in [0.717, 1.165) is 18.2 Å². The number of nitrogens with two attached hydrogens (primary N) is 1. The summed E-state index contributed by atoms with van der Waals surface area (Å²) in [7, 11) is 1.83. The molecule has 1 heterocycles. The lowest BCUT2D eigenvalue weighted by Gasteiger charge is -2.21. The van der Waals surface area contributed by atoms with Gasteiger partial charge in [0, 0.05) is 25.7 Å². The zero-order chi connectivity index (χ0) is 10.8. The van der Waals surface area contributed by atoms with Gasteiger partial charge in [0.25, 0.3) is 0 Å². The van der Waals surface area contributed by atoms with Crippen molar-refractivity contribution in [3.05, 3.63) is 6.07 Å². The summed E-state index contributed by atoms with van der Waals surface area (Å²) in [6.07, 6.45) is 2.51. The van der Waals surface area contributed by atoms with E-state index in [9.17, 15) is 0 Å². The highest BCUT2D eigenvalue weighted by atomic mass is 15.3. The van der Waals surface area contributed by atoms with E-state index >= 15 is 0 Å². The van der Waals surface area contributed by atoms with Gasteiger partial charge in [-0.05, 0) is 19.8 Å². The Labute approximate surface area is 89.7 Å². The van der Waals surface area contributed by atoms with Crippen molar-refractivity contribution in [2.45, 2.75) is 25.8 Å². The first-order valence-corrected chi connectivity index (χ1v) is 5.33. The normalized spacial score (nSPS) is 15.1. The molecule has 0 radical (unpaired) electrons. The summed E-state index contributed by atoms with van der Waals surface area (Å²) >= 11 is 0. The average molecular weight is 207 g/mol. The molecule has 2 rings (SSSR count). The predicted molar refractivity (Wildman–Crippen MR) is 62.0 cm³/mol. The van der Waals surface area contributed by atoms with Crippen molar-refractivity contribution in [1.29, 1.82) is 0 Å². The molecule has 5 heteroatoms. The van der Waals surface area contributed by atoms with Crippen LogP contribution in [0.4, 0.5) is 17.6 Å². The third kappa shape index (κ3) is 2.11. The van der Waals surface area contributed by atoms with Crippen molar-refractivity contribution in [2.75, 3.05) is 29.5 Å². The molecular weight excluding hydrogens is 190 g/mol. The molecule has 3 N–H and O–H groups in total. The maximum Gasteiger partial charge on any atom is 0.223 e. The van der Waals surface area contributed by atoms with Crippen LogP contribution in [0, 0.1) is 0 Å². The molecule has 0 saturated heterocycles. The molecule has 1 aromatic rings. The third-order valence-electron chi connectivity index (χ3n) is 2.61. The number of rotatable bonds is 4. The van der Waals surface area contributed by atoms with Crippen molar-refractivity contribution in [1.82, 2.24) is 9.97 Å². The molecule has 0 aliphatic heterocycles. The highest BCUT2D eigenvalue weighted by Gasteiger charge is 2.29. The Morgan fingerprint density at radius 1 is 1.53 bits per heavy atom. The van der Waals surface area contributed by atoms with Gasteiger partial charge in [-0.2, -0.15) is 9.97 Å². The lowest BCUT2D eigenvalue weighted by atomic mass is 10.4. The second-order valence-electron chi connectivity index (χ2n) is 3.74. The zero-order valence-electron chi connectivity index (χ0n) is 9.20. The molecule has 5 nitrogen and oxygen atoms in total. The van der Waals surface area contributed by atoms with E-state index in [1.165, 1.54) is 12.8 Å². The largest absolute Gasteiger partial charge is 0.373 e. The molecule has 0 bridgehead atoms. The van der Waals surface area contributed by atoms with E-state index in [4.69, 9.17) is 5.73 Å². The first-order chi connectivity index (χ1) is 7.24. The molecule has 1 fully saturated rings. The quantitative estimate of drug-likeness (QED) is 0.773.